The summed E-state index contributed by atoms with van der Waals surface area (Å²) in [4.78, 5) is 12.1. The molecule has 1 saturated heterocycles. The fourth-order valence-electron chi connectivity index (χ4n) is 3.47. The number of Topliss-reactive ketones (excluding diaryl/α,β-unsaturated/α-hetero) is 1. The van der Waals surface area contributed by atoms with E-state index >= 15 is 0 Å². The van der Waals surface area contributed by atoms with Gasteiger partial charge < -0.3 is 5.32 Å². The Balaban J connectivity index is 1.66. The molecule has 1 aromatic carbocycles. The molecule has 1 saturated carbocycles. The van der Waals surface area contributed by atoms with Crippen LogP contribution in [-0.4, -0.2) is 18.4 Å². The first-order chi connectivity index (χ1) is 8.34. The summed E-state index contributed by atoms with van der Waals surface area (Å²) < 4.78 is 0. The van der Waals surface area contributed by atoms with Gasteiger partial charge in [-0.15, -0.1) is 0 Å². The van der Waals surface area contributed by atoms with E-state index in [-0.39, 0.29) is 5.78 Å². The van der Waals surface area contributed by atoms with Gasteiger partial charge in [0.25, 0.3) is 0 Å². The zero-order valence-corrected chi connectivity index (χ0v) is 10.1. The minimum absolute atomic E-state index is 0.288. The largest absolute Gasteiger partial charge is 0.313 e. The molecule has 0 aromatic heterocycles. The number of nitrogens with one attached hydrogen (secondary N) is 1. The molecular weight excluding hydrogens is 210 g/mol. The summed E-state index contributed by atoms with van der Waals surface area (Å²) in [5, 5.41) is 3.54. The normalized spacial score (nSPS) is 31.4. The number of ketones is 1. The second-order valence-electron chi connectivity index (χ2n) is 5.36. The summed E-state index contributed by atoms with van der Waals surface area (Å²) in [6, 6.07) is 10.1. The van der Waals surface area contributed by atoms with Crippen LogP contribution in [0.3, 0.4) is 0 Å². The van der Waals surface area contributed by atoms with Gasteiger partial charge in [-0.25, -0.2) is 0 Å². The summed E-state index contributed by atoms with van der Waals surface area (Å²) in [6.07, 6.45) is 4.69. The molecule has 2 aliphatic rings. The third-order valence-electron chi connectivity index (χ3n) is 4.38. The Morgan fingerprint density at radius 3 is 2.88 bits per heavy atom. The highest BCUT2D eigenvalue weighted by Gasteiger charge is 2.39. The Hall–Kier alpha value is -1.15. The van der Waals surface area contributed by atoms with Crippen molar-refractivity contribution in [2.45, 2.75) is 31.7 Å². The molecule has 3 atom stereocenters. The number of benzene rings is 1. The molecule has 1 heterocycles. The van der Waals surface area contributed by atoms with E-state index in [1.165, 1.54) is 19.3 Å². The Kier molecular flexibility index (Phi) is 2.98. The van der Waals surface area contributed by atoms with Crippen LogP contribution in [0.4, 0.5) is 0 Å². The highest BCUT2D eigenvalue weighted by atomic mass is 16.1. The van der Waals surface area contributed by atoms with E-state index in [9.17, 15) is 4.79 Å². The highest BCUT2D eigenvalue weighted by Crippen LogP contribution is 2.38. The van der Waals surface area contributed by atoms with Gasteiger partial charge in [-0.2, -0.15) is 0 Å². The third-order valence-corrected chi connectivity index (χ3v) is 4.38. The Morgan fingerprint density at radius 2 is 2.06 bits per heavy atom. The third kappa shape index (κ3) is 2.14. The van der Waals surface area contributed by atoms with Gasteiger partial charge in [-0.1, -0.05) is 36.8 Å². The summed E-state index contributed by atoms with van der Waals surface area (Å²) >= 11 is 0. The molecule has 2 nitrogen and oxygen atoms in total. The summed E-state index contributed by atoms with van der Waals surface area (Å²) in [6.45, 7) is 1.12. The quantitative estimate of drug-likeness (QED) is 0.807. The van der Waals surface area contributed by atoms with Crippen LogP contribution in [-0.2, 0) is 0 Å². The van der Waals surface area contributed by atoms with Crippen molar-refractivity contribution in [2.24, 2.45) is 11.8 Å². The van der Waals surface area contributed by atoms with Crippen molar-refractivity contribution >= 4 is 5.78 Å². The Morgan fingerprint density at radius 1 is 1.24 bits per heavy atom. The average molecular weight is 229 g/mol. The molecule has 0 unspecified atom stereocenters. The number of carbonyl (C=O) groups is 1. The van der Waals surface area contributed by atoms with Crippen LogP contribution in [0, 0.1) is 11.8 Å². The molecule has 90 valence electrons. The predicted octanol–water partition coefficient (Wildman–Crippen LogP) is 2.65. The van der Waals surface area contributed by atoms with Crippen LogP contribution < -0.4 is 5.32 Å². The van der Waals surface area contributed by atoms with E-state index in [1.54, 1.807) is 0 Å². The fraction of sp³-hybridized carbons (Fsp3) is 0.533. The maximum atomic E-state index is 12.1. The monoisotopic (exact) mass is 229 g/mol. The van der Waals surface area contributed by atoms with Gasteiger partial charge >= 0.3 is 0 Å². The molecule has 0 spiro atoms. The highest BCUT2D eigenvalue weighted by molar-refractivity contribution is 5.96. The van der Waals surface area contributed by atoms with Crippen molar-refractivity contribution in [3.05, 3.63) is 35.9 Å². The number of rotatable bonds is 3. The molecule has 2 heteroatoms. The van der Waals surface area contributed by atoms with Crippen LogP contribution in [0.15, 0.2) is 30.3 Å². The van der Waals surface area contributed by atoms with Gasteiger partial charge in [-0.3, -0.25) is 4.79 Å². The lowest BCUT2D eigenvalue weighted by molar-refractivity contribution is 0.0963. The van der Waals surface area contributed by atoms with Crippen molar-refractivity contribution in [3.63, 3.8) is 0 Å². The average Bonchev–Trinajstić information content (AvgIpc) is 2.95. The zero-order chi connectivity index (χ0) is 11.7. The van der Waals surface area contributed by atoms with Crippen molar-refractivity contribution in [1.82, 2.24) is 5.32 Å². The molecule has 0 amide bonds. The maximum absolute atomic E-state index is 12.1. The van der Waals surface area contributed by atoms with Crippen LogP contribution >= 0.6 is 0 Å². The van der Waals surface area contributed by atoms with Gasteiger partial charge in [0.2, 0.25) is 0 Å². The van der Waals surface area contributed by atoms with Crippen molar-refractivity contribution in [1.29, 1.82) is 0 Å². The van der Waals surface area contributed by atoms with Crippen LogP contribution in [0.2, 0.25) is 0 Å². The van der Waals surface area contributed by atoms with Gasteiger partial charge in [0.15, 0.2) is 5.78 Å². The number of fused-ring (bicyclic) bond motifs is 1. The first-order valence-electron chi connectivity index (χ1n) is 6.66. The lowest BCUT2D eigenvalue weighted by Crippen LogP contribution is -2.29. The topological polar surface area (TPSA) is 29.1 Å². The molecule has 1 aromatic rings. The first kappa shape index (κ1) is 11.0. The van der Waals surface area contributed by atoms with E-state index in [0.29, 0.717) is 12.5 Å². The van der Waals surface area contributed by atoms with Gasteiger partial charge in [0.05, 0.1) is 0 Å². The molecule has 1 aliphatic heterocycles. The molecule has 3 rings (SSSR count). The molecule has 0 radical (unpaired) electrons. The maximum Gasteiger partial charge on any atom is 0.164 e. The van der Waals surface area contributed by atoms with E-state index < -0.39 is 0 Å². The Labute approximate surface area is 102 Å². The summed E-state index contributed by atoms with van der Waals surface area (Å²) in [5.74, 6) is 1.88. The molecule has 0 bridgehead atoms. The van der Waals surface area contributed by atoms with Crippen LogP contribution in [0.5, 0.6) is 0 Å². The summed E-state index contributed by atoms with van der Waals surface area (Å²) in [7, 11) is 0. The lowest BCUT2D eigenvalue weighted by atomic mass is 9.90. The van der Waals surface area contributed by atoms with Crippen LogP contribution in [0.25, 0.3) is 0 Å². The minimum Gasteiger partial charge on any atom is -0.313 e. The van der Waals surface area contributed by atoms with Gasteiger partial charge in [-0.05, 0) is 31.2 Å². The molecule has 1 aliphatic carbocycles. The smallest absolute Gasteiger partial charge is 0.164 e. The van der Waals surface area contributed by atoms with Crippen molar-refractivity contribution in [2.75, 3.05) is 6.54 Å². The molecular formula is C15H19NO. The zero-order valence-electron chi connectivity index (χ0n) is 10.1. The van der Waals surface area contributed by atoms with Crippen molar-refractivity contribution in [3.8, 4) is 0 Å². The van der Waals surface area contributed by atoms with Crippen LogP contribution in [0.1, 0.15) is 36.0 Å². The Bertz CT molecular complexity index is 401. The fourth-order valence-corrected chi connectivity index (χ4v) is 3.47. The summed E-state index contributed by atoms with van der Waals surface area (Å²) in [5.41, 5.74) is 0.857. The van der Waals surface area contributed by atoms with E-state index in [2.05, 4.69) is 5.32 Å². The number of hydrogen-bond acceptors (Lipinski definition) is 2. The van der Waals surface area contributed by atoms with Gasteiger partial charge in [0, 0.05) is 18.0 Å². The first-order valence-corrected chi connectivity index (χ1v) is 6.66. The van der Waals surface area contributed by atoms with E-state index in [4.69, 9.17) is 0 Å². The van der Waals surface area contributed by atoms with Gasteiger partial charge in [0.1, 0.15) is 0 Å². The second-order valence-corrected chi connectivity index (χ2v) is 5.36. The molecule has 17 heavy (non-hydrogen) atoms. The molecule has 2 fully saturated rings. The SMILES string of the molecule is O=C(C[C@H]1NC[C@@H]2CCC[C@@H]21)c1ccccc1. The standard InChI is InChI=1S/C15H19NO/c17-15(11-5-2-1-3-6-11)9-14-13-8-4-7-12(13)10-16-14/h1-3,5-6,12-14,16H,4,7-10H2/t12-,13-,14+/m0/s1. The van der Waals surface area contributed by atoms with E-state index in [1.807, 2.05) is 30.3 Å². The lowest BCUT2D eigenvalue weighted by Gasteiger charge is -2.17. The predicted molar refractivity (Wildman–Crippen MR) is 68.0 cm³/mol. The van der Waals surface area contributed by atoms with Crippen molar-refractivity contribution < 1.29 is 4.79 Å². The van der Waals surface area contributed by atoms with E-state index in [0.717, 1.165) is 23.9 Å². The number of hydrogen-bond donors (Lipinski definition) is 1. The second kappa shape index (κ2) is 4.61. The minimum atomic E-state index is 0.288. The molecule has 1 N–H and O–H groups in total. The number of carbonyl (C=O) groups excluding carboxylic acids is 1.